The van der Waals surface area contributed by atoms with Crippen LogP contribution in [-0.2, 0) is 13.0 Å². The van der Waals surface area contributed by atoms with Crippen LogP contribution < -0.4 is 5.73 Å². The number of aryl methyl sites for hydroxylation is 2. The molecule has 2 N–H and O–H groups in total. The average molecular weight is 729 g/mol. The standard InChI is InChI=1S/C15H19F3N2.C8H12N2.2C2H6.HI.Sb/c1-10(2)13(8-11(3)15(16,17)18)14-9-12-6-4-5-7-20(12)19-14;1-6-7(9)10-5-4-8(6,2)3;2*1-2;;/h8-10H,3-7H2,1-2H3;4-5H,1H2,2-3H3,(H2,9,10);2*1-2H3;1H;/q;;;;;+1/p-1/b13-8+;;;;;. The van der Waals surface area contributed by atoms with Gasteiger partial charge in [-0.15, -0.1) is 0 Å². The third-order valence-electron chi connectivity index (χ3n) is 5.32. The second-order valence-electron chi connectivity index (χ2n) is 8.51. The molecule has 204 valence electrons. The van der Waals surface area contributed by atoms with Crippen LogP contribution in [0.2, 0.25) is 0 Å². The monoisotopic (exact) mass is 728 g/mol. The fourth-order valence-corrected chi connectivity index (χ4v) is 3.18. The fourth-order valence-electron chi connectivity index (χ4n) is 3.18. The molecular formula is C27H43F3IN4Sb. The van der Waals surface area contributed by atoms with Crippen LogP contribution in [0.1, 0.15) is 79.6 Å². The maximum atomic E-state index is 12.6. The Kier molecular flexibility index (Phi) is 18.8. The van der Waals surface area contributed by atoms with E-state index >= 15 is 0 Å². The second kappa shape index (κ2) is 18.3. The van der Waals surface area contributed by atoms with E-state index in [1.54, 1.807) is 25.2 Å². The molecule has 2 radical (unpaired) electrons. The molecule has 0 bridgehead atoms. The summed E-state index contributed by atoms with van der Waals surface area (Å²) in [5.74, 6) is 0.513. The van der Waals surface area contributed by atoms with Gasteiger partial charge in [0.05, 0.1) is 5.69 Å². The van der Waals surface area contributed by atoms with Gasteiger partial charge < -0.3 is 5.73 Å². The van der Waals surface area contributed by atoms with E-state index in [4.69, 9.17) is 5.73 Å². The number of hydrogen-bond acceptors (Lipinski definition) is 3. The molecule has 36 heavy (non-hydrogen) atoms. The molecule has 3 rings (SSSR count). The first-order valence-electron chi connectivity index (χ1n) is 12.3. The number of aliphatic imine (C=N–C) groups is 1. The Bertz CT molecular complexity index is 887. The van der Waals surface area contributed by atoms with Crippen molar-refractivity contribution in [3.05, 3.63) is 60.1 Å². The zero-order chi connectivity index (χ0) is 28.7. The molecule has 0 fully saturated rings. The van der Waals surface area contributed by atoms with Crippen LogP contribution in [0.15, 0.2) is 53.7 Å². The number of amidine groups is 1. The molecule has 0 spiro atoms. The van der Waals surface area contributed by atoms with E-state index in [1.165, 1.54) is 0 Å². The molecule has 0 unspecified atom stereocenters. The van der Waals surface area contributed by atoms with E-state index in [0.717, 1.165) is 43.2 Å². The molecule has 1 aromatic rings. The van der Waals surface area contributed by atoms with Crippen molar-refractivity contribution in [1.82, 2.24) is 9.78 Å². The van der Waals surface area contributed by atoms with Crippen molar-refractivity contribution in [2.75, 3.05) is 0 Å². The molecule has 0 aromatic carbocycles. The number of fused-ring (bicyclic) bond motifs is 1. The van der Waals surface area contributed by atoms with Crippen LogP contribution in [-0.4, -0.2) is 40.8 Å². The van der Waals surface area contributed by atoms with Crippen LogP contribution in [0.4, 0.5) is 13.2 Å². The Morgan fingerprint density at radius 1 is 1.19 bits per heavy atom. The number of halogens is 4. The van der Waals surface area contributed by atoms with Crippen molar-refractivity contribution in [2.45, 2.75) is 87.4 Å². The van der Waals surface area contributed by atoms with Gasteiger partial charge in [0, 0.05) is 29.4 Å². The summed E-state index contributed by atoms with van der Waals surface area (Å²) in [6.07, 6.45) is 3.58. The van der Waals surface area contributed by atoms with Crippen LogP contribution in [0, 0.1) is 11.3 Å². The molecule has 9 heteroatoms. The zero-order valence-corrected chi connectivity index (χ0v) is 27.7. The summed E-state index contributed by atoms with van der Waals surface area (Å²) < 4.78 is 39.8. The van der Waals surface area contributed by atoms with Crippen LogP contribution in [0.5, 0.6) is 0 Å². The minimum atomic E-state index is -4.39. The van der Waals surface area contributed by atoms with Gasteiger partial charge >= 0.3 is 43.7 Å². The van der Waals surface area contributed by atoms with E-state index in [0.29, 0.717) is 17.1 Å². The Hall–Kier alpha value is -1.02. The molecule has 0 saturated heterocycles. The fraction of sp³-hybridized carbons (Fsp3) is 0.556. The van der Waals surface area contributed by atoms with Crippen molar-refractivity contribution in [1.29, 1.82) is 0 Å². The van der Waals surface area contributed by atoms with Gasteiger partial charge in [0.1, 0.15) is 5.84 Å². The molecule has 0 amide bonds. The molecule has 0 aliphatic carbocycles. The van der Waals surface area contributed by atoms with E-state index < -0.39 is 11.7 Å². The van der Waals surface area contributed by atoms with Crippen LogP contribution in [0.25, 0.3) is 5.57 Å². The predicted octanol–water partition coefficient (Wildman–Crippen LogP) is 8.39. The van der Waals surface area contributed by atoms with Crippen molar-refractivity contribution in [3.63, 3.8) is 0 Å². The van der Waals surface area contributed by atoms with E-state index in [1.807, 2.05) is 58.4 Å². The van der Waals surface area contributed by atoms with Crippen molar-refractivity contribution >= 4 is 48.9 Å². The number of nitrogens with zero attached hydrogens (tertiary/aromatic N) is 3. The van der Waals surface area contributed by atoms with Gasteiger partial charge in [-0.1, -0.05) is 74.6 Å². The predicted molar refractivity (Wildman–Crippen MR) is 159 cm³/mol. The molecule has 2 aliphatic heterocycles. The van der Waals surface area contributed by atoms with Crippen molar-refractivity contribution in [2.24, 2.45) is 22.1 Å². The number of hydrogen-bond donors (Lipinski definition) is 1. The summed E-state index contributed by atoms with van der Waals surface area (Å²) in [6, 6.07) is 1.91. The number of rotatable bonds is 3. The first-order chi connectivity index (χ1) is 16.8. The summed E-state index contributed by atoms with van der Waals surface area (Å²) in [5.41, 5.74) is 7.94. The zero-order valence-electron chi connectivity index (χ0n) is 23.0. The Balaban J connectivity index is 0. The van der Waals surface area contributed by atoms with Crippen molar-refractivity contribution in [3.8, 4) is 0 Å². The third-order valence-corrected chi connectivity index (χ3v) is 5.32. The summed E-state index contributed by atoms with van der Waals surface area (Å²) >= 11 is 3.92. The van der Waals surface area contributed by atoms with Gasteiger partial charge in [-0.05, 0) is 48.5 Å². The number of allylic oxidation sites excluding steroid dienone is 4. The Labute approximate surface area is 240 Å². The third kappa shape index (κ3) is 12.0. The second-order valence-corrected chi connectivity index (χ2v) is 8.51. The van der Waals surface area contributed by atoms with Crippen LogP contribution in [0.3, 0.4) is 0 Å². The SMILES string of the molecule is C=C(/C=C(/c1cc2n(n1)CCCC2)C(C)C)C(F)(F)F.C=C1C(N)=NC=CC1(C)C.CC.CC.[Sb][I]. The molecule has 1 aromatic heterocycles. The molecule has 2 aliphatic rings. The van der Waals surface area contributed by atoms with E-state index in [9.17, 15) is 13.2 Å². The Morgan fingerprint density at radius 2 is 1.75 bits per heavy atom. The summed E-state index contributed by atoms with van der Waals surface area (Å²) in [5, 5.41) is 4.45. The van der Waals surface area contributed by atoms with Gasteiger partial charge in [0.25, 0.3) is 0 Å². The Morgan fingerprint density at radius 3 is 2.17 bits per heavy atom. The number of alkyl halides is 3. The average Bonchev–Trinajstić information content (AvgIpc) is 3.28. The molecule has 0 atom stereocenters. The maximum absolute atomic E-state index is 12.6. The van der Waals surface area contributed by atoms with Gasteiger partial charge in [-0.3, -0.25) is 4.68 Å². The van der Waals surface area contributed by atoms with Gasteiger partial charge in [0.2, 0.25) is 0 Å². The quantitative estimate of drug-likeness (QED) is 0.193. The van der Waals surface area contributed by atoms with Gasteiger partial charge in [-0.25, -0.2) is 4.99 Å². The first-order valence-corrected chi connectivity index (χ1v) is 19.7. The topological polar surface area (TPSA) is 56.2 Å². The van der Waals surface area contributed by atoms with Crippen molar-refractivity contribution < 1.29 is 13.2 Å². The van der Waals surface area contributed by atoms with Gasteiger partial charge in [0.15, 0.2) is 0 Å². The molecule has 0 saturated carbocycles. The number of aromatic nitrogens is 2. The van der Waals surface area contributed by atoms with Gasteiger partial charge in [-0.2, -0.15) is 18.3 Å². The first kappa shape index (κ1) is 37.1. The van der Waals surface area contributed by atoms with E-state index in [2.05, 4.69) is 55.6 Å². The molecule has 4 nitrogen and oxygen atoms in total. The normalized spacial score (nSPS) is 15.9. The van der Waals surface area contributed by atoms with E-state index in [-0.39, 0.29) is 11.3 Å². The minimum absolute atomic E-state index is 0.0220. The summed E-state index contributed by atoms with van der Waals surface area (Å²) in [7, 11) is 0. The summed E-state index contributed by atoms with van der Waals surface area (Å²) in [4.78, 5) is 3.92. The molecular weight excluding hydrogens is 686 g/mol. The molecule has 3 heterocycles. The van der Waals surface area contributed by atoms with Crippen LogP contribution >= 0.6 is 18.5 Å². The summed E-state index contributed by atoms with van der Waals surface area (Å²) in [6.45, 7) is 23.7. The number of nitrogens with two attached hydrogens (primary N) is 1.